The van der Waals surface area contributed by atoms with Gasteiger partial charge in [0, 0.05) is 26.2 Å². The second kappa shape index (κ2) is 6.65. The van der Waals surface area contributed by atoms with Crippen LogP contribution in [0.5, 0.6) is 0 Å². The third kappa shape index (κ3) is 3.78. The van der Waals surface area contributed by atoms with E-state index in [0.717, 1.165) is 0 Å². The average Bonchev–Trinajstić information content (AvgIpc) is 2.47. The van der Waals surface area contributed by atoms with Crippen LogP contribution in [0.4, 0.5) is 24.7 Å². The lowest BCUT2D eigenvalue weighted by atomic mass is 10.1. The van der Waals surface area contributed by atoms with Crippen LogP contribution in [0.2, 0.25) is 5.15 Å². The summed E-state index contributed by atoms with van der Waals surface area (Å²) in [6.07, 6.45) is 1.70. The van der Waals surface area contributed by atoms with Crippen LogP contribution in [0, 0.1) is 0 Å². The smallest absolute Gasteiger partial charge is 0.383 e. The van der Waals surface area contributed by atoms with Gasteiger partial charge in [-0.05, 0) is 12.8 Å². The van der Waals surface area contributed by atoms with Crippen molar-refractivity contribution < 1.29 is 21.6 Å². The Morgan fingerprint density at radius 2 is 1.91 bits per heavy atom. The Balaban J connectivity index is 2.03. The Morgan fingerprint density at radius 1 is 1.30 bits per heavy atom. The fourth-order valence-corrected chi connectivity index (χ4v) is 3.49. The summed E-state index contributed by atoms with van der Waals surface area (Å²) in [6, 6.07) is -0.215. The van der Waals surface area contributed by atoms with Crippen LogP contribution in [0.25, 0.3) is 0 Å². The molecule has 130 valence electrons. The number of sulfonamides is 1. The molecule has 1 aliphatic rings. The quantitative estimate of drug-likeness (QED) is 0.784. The molecule has 12 heteroatoms. The van der Waals surface area contributed by atoms with E-state index in [2.05, 4.69) is 20.6 Å². The molecule has 0 amide bonds. The van der Waals surface area contributed by atoms with E-state index in [1.165, 1.54) is 6.33 Å². The number of nitrogens with zero attached hydrogens (tertiary/aromatic N) is 3. The van der Waals surface area contributed by atoms with Crippen molar-refractivity contribution in [2.75, 3.05) is 30.8 Å². The molecule has 7 nitrogen and oxygen atoms in total. The topological polar surface area (TPSA) is 87.2 Å². The van der Waals surface area contributed by atoms with Crippen molar-refractivity contribution in [1.29, 1.82) is 0 Å². The summed E-state index contributed by atoms with van der Waals surface area (Å²) in [5.74, 6) is 0.421. The summed E-state index contributed by atoms with van der Waals surface area (Å²) >= 11 is 5.91. The van der Waals surface area contributed by atoms with Crippen LogP contribution in [0.3, 0.4) is 0 Å². The van der Waals surface area contributed by atoms with Crippen molar-refractivity contribution in [3.8, 4) is 0 Å². The number of nitrogens with one attached hydrogen (secondary N) is 2. The molecule has 1 aliphatic heterocycles. The first-order chi connectivity index (χ1) is 10.7. The molecule has 2 rings (SSSR count). The Hall–Kier alpha value is -1.33. The van der Waals surface area contributed by atoms with Crippen molar-refractivity contribution in [3.63, 3.8) is 0 Å². The maximum Gasteiger partial charge on any atom is 0.511 e. The Labute approximate surface area is 136 Å². The van der Waals surface area contributed by atoms with Crippen molar-refractivity contribution in [1.82, 2.24) is 14.3 Å². The summed E-state index contributed by atoms with van der Waals surface area (Å²) in [7, 11) is -3.64. The van der Waals surface area contributed by atoms with Gasteiger partial charge in [-0.2, -0.15) is 17.5 Å². The second-order valence-corrected chi connectivity index (χ2v) is 7.19. The monoisotopic (exact) mass is 373 g/mol. The van der Waals surface area contributed by atoms with E-state index < -0.39 is 15.5 Å². The molecule has 0 radical (unpaired) electrons. The fourth-order valence-electron chi connectivity index (χ4n) is 2.28. The summed E-state index contributed by atoms with van der Waals surface area (Å²) in [6.45, 7) is -0.430. The molecule has 23 heavy (non-hydrogen) atoms. The second-order valence-electron chi connectivity index (χ2n) is 4.91. The third-order valence-corrected chi connectivity index (χ3v) is 5.39. The van der Waals surface area contributed by atoms with Crippen molar-refractivity contribution in [2.24, 2.45) is 0 Å². The number of aromatic nitrogens is 2. The van der Waals surface area contributed by atoms with Crippen molar-refractivity contribution >= 4 is 33.1 Å². The highest BCUT2D eigenvalue weighted by Gasteiger charge is 2.50. The van der Waals surface area contributed by atoms with Crippen LogP contribution in [0.15, 0.2) is 6.33 Å². The first-order valence-electron chi connectivity index (χ1n) is 6.68. The lowest BCUT2D eigenvalue weighted by Gasteiger charge is -2.32. The number of halogens is 4. The van der Waals surface area contributed by atoms with E-state index in [9.17, 15) is 21.6 Å². The minimum atomic E-state index is -5.27. The van der Waals surface area contributed by atoms with E-state index in [-0.39, 0.29) is 37.1 Å². The Bertz CT molecular complexity index is 662. The number of alkyl halides is 3. The van der Waals surface area contributed by atoms with E-state index in [4.69, 9.17) is 11.6 Å². The fraction of sp³-hybridized carbons (Fsp3) is 0.636. The zero-order chi connectivity index (χ0) is 17.3. The Morgan fingerprint density at radius 3 is 2.43 bits per heavy atom. The molecule has 0 unspecified atom stereocenters. The molecule has 2 N–H and O–H groups in total. The number of piperidine rings is 1. The van der Waals surface area contributed by atoms with Gasteiger partial charge in [-0.1, -0.05) is 11.6 Å². The SMILES string of the molecule is CNc1c(Cl)ncnc1NC1CCN(S(=O)(=O)C(F)(F)F)CC1. The zero-order valence-electron chi connectivity index (χ0n) is 12.1. The molecule has 1 saturated heterocycles. The molecule has 0 saturated carbocycles. The zero-order valence-corrected chi connectivity index (χ0v) is 13.6. The molecule has 1 fully saturated rings. The maximum atomic E-state index is 12.5. The van der Waals surface area contributed by atoms with Gasteiger partial charge in [0.15, 0.2) is 11.0 Å². The maximum absolute atomic E-state index is 12.5. The summed E-state index contributed by atoms with van der Waals surface area (Å²) in [5, 5.41) is 6.09. The molecular formula is C11H15ClF3N5O2S. The van der Waals surface area contributed by atoms with Gasteiger partial charge in [0.25, 0.3) is 0 Å². The molecule has 2 heterocycles. The number of rotatable bonds is 4. The van der Waals surface area contributed by atoms with Crippen LogP contribution in [0.1, 0.15) is 12.8 Å². The van der Waals surface area contributed by atoms with Gasteiger partial charge in [-0.3, -0.25) is 0 Å². The van der Waals surface area contributed by atoms with Crippen LogP contribution in [-0.4, -0.2) is 54.4 Å². The first kappa shape index (κ1) is 18.0. The minimum absolute atomic E-state index is 0.210. The van der Waals surface area contributed by atoms with Crippen molar-refractivity contribution in [2.45, 2.75) is 24.4 Å². The predicted octanol–water partition coefficient (Wildman–Crippen LogP) is 1.90. The molecular weight excluding hydrogens is 359 g/mol. The largest absolute Gasteiger partial charge is 0.511 e. The highest BCUT2D eigenvalue weighted by molar-refractivity contribution is 7.90. The lowest BCUT2D eigenvalue weighted by molar-refractivity contribution is -0.0494. The van der Waals surface area contributed by atoms with E-state index in [0.29, 0.717) is 15.8 Å². The van der Waals surface area contributed by atoms with Crippen LogP contribution < -0.4 is 10.6 Å². The van der Waals surface area contributed by atoms with Crippen LogP contribution >= 0.6 is 11.6 Å². The first-order valence-corrected chi connectivity index (χ1v) is 8.50. The summed E-state index contributed by atoms with van der Waals surface area (Å²) in [4.78, 5) is 7.84. The van der Waals surface area contributed by atoms with Gasteiger partial charge in [-0.25, -0.2) is 18.4 Å². The average molecular weight is 374 g/mol. The molecule has 0 bridgehead atoms. The highest BCUT2D eigenvalue weighted by atomic mass is 35.5. The van der Waals surface area contributed by atoms with E-state index >= 15 is 0 Å². The molecule has 0 aromatic carbocycles. The molecule has 1 aromatic heterocycles. The van der Waals surface area contributed by atoms with Gasteiger partial charge in [0.2, 0.25) is 0 Å². The Kier molecular flexibility index (Phi) is 5.21. The van der Waals surface area contributed by atoms with E-state index in [1.807, 2.05) is 0 Å². The lowest BCUT2D eigenvalue weighted by Crippen LogP contribution is -2.47. The minimum Gasteiger partial charge on any atom is -0.383 e. The standard InChI is InChI=1S/C11H15ClF3N5O2S/c1-16-8-9(12)17-6-18-10(8)19-7-2-4-20(5-3-7)23(21,22)11(13,14)15/h6-7,16H,2-5H2,1H3,(H,17,18,19). The van der Waals surface area contributed by atoms with Gasteiger partial charge in [0.05, 0.1) is 0 Å². The molecule has 0 spiro atoms. The summed E-state index contributed by atoms with van der Waals surface area (Å²) < 4.78 is 60.7. The number of hydrogen-bond acceptors (Lipinski definition) is 6. The van der Waals surface area contributed by atoms with Crippen molar-refractivity contribution in [3.05, 3.63) is 11.5 Å². The molecule has 0 aliphatic carbocycles. The van der Waals surface area contributed by atoms with Gasteiger partial charge in [-0.15, -0.1) is 0 Å². The summed E-state index contributed by atoms with van der Waals surface area (Å²) in [5.41, 5.74) is -4.80. The number of anilines is 2. The normalized spacial score (nSPS) is 18.0. The molecule has 1 aromatic rings. The van der Waals surface area contributed by atoms with Gasteiger partial charge in [0.1, 0.15) is 12.0 Å². The van der Waals surface area contributed by atoms with E-state index in [1.54, 1.807) is 7.05 Å². The van der Waals surface area contributed by atoms with Gasteiger partial charge < -0.3 is 10.6 Å². The number of hydrogen-bond donors (Lipinski definition) is 2. The van der Waals surface area contributed by atoms with Crippen LogP contribution in [-0.2, 0) is 10.0 Å². The molecule has 0 atom stereocenters. The third-order valence-electron chi connectivity index (χ3n) is 3.48. The predicted molar refractivity (Wildman–Crippen MR) is 79.8 cm³/mol. The van der Waals surface area contributed by atoms with Gasteiger partial charge >= 0.3 is 15.5 Å². The highest BCUT2D eigenvalue weighted by Crippen LogP contribution is 2.31.